The average molecular weight is 396 g/mol. The Balaban J connectivity index is 2.75. The Labute approximate surface area is 165 Å². The fraction of sp³-hybridized carbons (Fsp3) is 0.500. The van der Waals surface area contributed by atoms with Crippen molar-refractivity contribution in [2.24, 2.45) is 0 Å². The van der Waals surface area contributed by atoms with Crippen molar-refractivity contribution in [1.29, 1.82) is 0 Å². The molecule has 0 aliphatic rings. The fourth-order valence-electron chi connectivity index (χ4n) is 2.13. The Morgan fingerprint density at radius 3 is 2.43 bits per heavy atom. The molecule has 0 bridgehead atoms. The van der Waals surface area contributed by atoms with Gasteiger partial charge in [-0.15, -0.1) is 0 Å². The van der Waals surface area contributed by atoms with E-state index in [1.165, 1.54) is 13.2 Å². The number of rotatable bonds is 9. The fourth-order valence-corrected chi connectivity index (χ4v) is 2.13. The standard InChI is InChI=1S/C20H29FN2O5/c1-20(2,3)28-19(25)22-9-7-11-27-17-13-14(21)12-16(26-6)18(17)15(24)8-10-23(4)5/h8,10,12-13H,7,9,11H2,1-6H3,(H,22,25)/b10-8-. The van der Waals surface area contributed by atoms with Crippen molar-refractivity contribution < 1.29 is 28.2 Å². The zero-order valence-electron chi connectivity index (χ0n) is 17.3. The number of nitrogens with zero attached hydrogens (tertiary/aromatic N) is 1. The van der Waals surface area contributed by atoms with Crippen LogP contribution in [0.4, 0.5) is 9.18 Å². The molecule has 0 aliphatic carbocycles. The summed E-state index contributed by atoms with van der Waals surface area (Å²) in [4.78, 5) is 25.8. The number of amides is 1. The molecule has 0 aliphatic heterocycles. The number of allylic oxidation sites excluding steroid dienone is 1. The molecule has 8 heteroatoms. The van der Waals surface area contributed by atoms with Crippen LogP contribution < -0.4 is 14.8 Å². The van der Waals surface area contributed by atoms with E-state index in [0.29, 0.717) is 13.0 Å². The molecule has 1 rings (SSSR count). The number of carbonyl (C=O) groups is 2. The molecule has 0 heterocycles. The highest BCUT2D eigenvalue weighted by atomic mass is 19.1. The highest BCUT2D eigenvalue weighted by Crippen LogP contribution is 2.31. The average Bonchev–Trinajstić information content (AvgIpc) is 2.57. The predicted octanol–water partition coefficient (Wildman–Crippen LogP) is 3.39. The van der Waals surface area contributed by atoms with Crippen molar-refractivity contribution in [1.82, 2.24) is 10.2 Å². The van der Waals surface area contributed by atoms with E-state index in [0.717, 1.165) is 12.1 Å². The van der Waals surface area contributed by atoms with Crippen molar-refractivity contribution in [2.45, 2.75) is 32.8 Å². The Kier molecular flexibility index (Phi) is 8.76. The molecular formula is C20H29FN2O5. The van der Waals surface area contributed by atoms with E-state index in [-0.39, 0.29) is 29.5 Å². The summed E-state index contributed by atoms with van der Waals surface area (Å²) in [6.07, 6.45) is 2.86. The number of ketones is 1. The Morgan fingerprint density at radius 2 is 1.86 bits per heavy atom. The summed E-state index contributed by atoms with van der Waals surface area (Å²) in [6, 6.07) is 2.27. The van der Waals surface area contributed by atoms with Crippen LogP contribution in [0.15, 0.2) is 24.4 Å². The molecule has 156 valence electrons. The molecule has 0 unspecified atom stereocenters. The smallest absolute Gasteiger partial charge is 0.407 e. The Bertz CT molecular complexity index is 711. The second-order valence-electron chi connectivity index (χ2n) is 7.26. The van der Waals surface area contributed by atoms with Crippen LogP contribution >= 0.6 is 0 Å². The van der Waals surface area contributed by atoms with Gasteiger partial charge in [0.25, 0.3) is 0 Å². The molecule has 28 heavy (non-hydrogen) atoms. The molecule has 1 amide bonds. The summed E-state index contributed by atoms with van der Waals surface area (Å²) in [7, 11) is 4.91. The molecular weight excluding hydrogens is 367 g/mol. The molecule has 0 aromatic heterocycles. The number of alkyl carbamates (subject to hydrolysis) is 1. The maximum atomic E-state index is 13.8. The van der Waals surface area contributed by atoms with Gasteiger partial charge in [0.15, 0.2) is 5.78 Å². The third-order valence-corrected chi connectivity index (χ3v) is 3.27. The van der Waals surface area contributed by atoms with E-state index in [9.17, 15) is 14.0 Å². The molecule has 1 aromatic rings. The minimum Gasteiger partial charge on any atom is -0.496 e. The van der Waals surface area contributed by atoms with Crippen LogP contribution in [0.5, 0.6) is 11.5 Å². The minimum absolute atomic E-state index is 0.0857. The van der Waals surface area contributed by atoms with Crippen molar-refractivity contribution >= 4 is 11.9 Å². The predicted molar refractivity (Wildman–Crippen MR) is 104 cm³/mol. The molecule has 0 atom stereocenters. The molecule has 7 nitrogen and oxygen atoms in total. The van der Waals surface area contributed by atoms with Gasteiger partial charge in [-0.05, 0) is 27.2 Å². The molecule has 1 aromatic carbocycles. The van der Waals surface area contributed by atoms with Gasteiger partial charge in [-0.2, -0.15) is 0 Å². The van der Waals surface area contributed by atoms with Gasteiger partial charge in [0.05, 0.1) is 13.7 Å². The zero-order valence-corrected chi connectivity index (χ0v) is 17.3. The lowest BCUT2D eigenvalue weighted by Crippen LogP contribution is -2.33. The molecule has 0 spiro atoms. The summed E-state index contributed by atoms with van der Waals surface area (Å²) < 4.78 is 29.7. The Hall–Kier alpha value is -2.77. The second kappa shape index (κ2) is 10.5. The van der Waals surface area contributed by atoms with Gasteiger partial charge in [0.1, 0.15) is 28.5 Å². The van der Waals surface area contributed by atoms with E-state index < -0.39 is 17.5 Å². The Morgan fingerprint density at radius 1 is 1.21 bits per heavy atom. The number of hydrogen-bond acceptors (Lipinski definition) is 6. The van der Waals surface area contributed by atoms with E-state index in [4.69, 9.17) is 14.2 Å². The number of carbonyl (C=O) groups excluding carboxylic acids is 2. The topological polar surface area (TPSA) is 77.1 Å². The minimum atomic E-state index is -0.577. The van der Waals surface area contributed by atoms with Crippen molar-refractivity contribution in [3.63, 3.8) is 0 Å². The van der Waals surface area contributed by atoms with Crippen molar-refractivity contribution in [3.05, 3.63) is 35.8 Å². The highest BCUT2D eigenvalue weighted by molar-refractivity contribution is 6.08. The molecule has 0 fully saturated rings. The molecule has 0 radical (unpaired) electrons. The lowest BCUT2D eigenvalue weighted by Gasteiger charge is -2.19. The number of benzene rings is 1. The van der Waals surface area contributed by atoms with Gasteiger partial charge in [-0.25, -0.2) is 9.18 Å². The van der Waals surface area contributed by atoms with Gasteiger partial charge in [0.2, 0.25) is 0 Å². The van der Waals surface area contributed by atoms with E-state index >= 15 is 0 Å². The van der Waals surface area contributed by atoms with Crippen LogP contribution in [-0.2, 0) is 4.74 Å². The summed E-state index contributed by atoms with van der Waals surface area (Å²) in [5.41, 5.74) is -0.435. The number of ether oxygens (including phenoxy) is 3. The van der Waals surface area contributed by atoms with Gasteiger partial charge in [-0.1, -0.05) is 0 Å². The van der Waals surface area contributed by atoms with Crippen LogP contribution in [0.1, 0.15) is 37.6 Å². The van der Waals surface area contributed by atoms with Gasteiger partial charge in [-0.3, -0.25) is 4.79 Å². The monoisotopic (exact) mass is 396 g/mol. The van der Waals surface area contributed by atoms with Crippen molar-refractivity contribution in [2.75, 3.05) is 34.4 Å². The third kappa shape index (κ3) is 8.28. The number of nitrogens with one attached hydrogen (secondary N) is 1. The maximum Gasteiger partial charge on any atom is 0.407 e. The first kappa shape index (κ1) is 23.3. The SMILES string of the molecule is COc1cc(F)cc(OCCCNC(=O)OC(C)(C)C)c1C(=O)/C=C\N(C)C. The second-order valence-corrected chi connectivity index (χ2v) is 7.26. The first-order valence-electron chi connectivity index (χ1n) is 8.89. The van der Waals surface area contributed by atoms with E-state index in [1.807, 2.05) is 0 Å². The zero-order chi connectivity index (χ0) is 21.3. The van der Waals surface area contributed by atoms with Gasteiger partial charge >= 0.3 is 6.09 Å². The van der Waals surface area contributed by atoms with Gasteiger partial charge in [0, 0.05) is 45.0 Å². The lowest BCUT2D eigenvalue weighted by molar-refractivity contribution is 0.0525. The summed E-state index contributed by atoms with van der Waals surface area (Å²) in [5, 5.41) is 2.61. The summed E-state index contributed by atoms with van der Waals surface area (Å²) in [5.74, 6) is -0.767. The van der Waals surface area contributed by atoms with Crippen LogP contribution in [0.25, 0.3) is 0 Å². The van der Waals surface area contributed by atoms with E-state index in [2.05, 4.69) is 5.32 Å². The van der Waals surface area contributed by atoms with Crippen LogP contribution in [0.2, 0.25) is 0 Å². The van der Waals surface area contributed by atoms with E-state index in [1.54, 1.807) is 46.0 Å². The number of hydrogen-bond donors (Lipinski definition) is 1. The molecule has 0 saturated carbocycles. The summed E-state index contributed by atoms with van der Waals surface area (Å²) >= 11 is 0. The normalized spacial score (nSPS) is 11.2. The summed E-state index contributed by atoms with van der Waals surface area (Å²) in [6.45, 7) is 5.80. The first-order valence-corrected chi connectivity index (χ1v) is 8.89. The molecule has 1 N–H and O–H groups in total. The van der Waals surface area contributed by atoms with Crippen LogP contribution in [0, 0.1) is 5.82 Å². The van der Waals surface area contributed by atoms with Crippen molar-refractivity contribution in [3.8, 4) is 11.5 Å². The highest BCUT2D eigenvalue weighted by Gasteiger charge is 2.19. The quantitative estimate of drug-likeness (QED) is 0.392. The maximum absolute atomic E-state index is 13.8. The van der Waals surface area contributed by atoms with Crippen LogP contribution in [0.3, 0.4) is 0 Å². The molecule has 0 saturated heterocycles. The van der Waals surface area contributed by atoms with Crippen LogP contribution in [-0.4, -0.2) is 56.7 Å². The number of methoxy groups -OCH3 is 1. The lowest BCUT2D eigenvalue weighted by atomic mass is 10.1. The number of halogens is 1. The first-order chi connectivity index (χ1) is 13.0. The largest absolute Gasteiger partial charge is 0.496 e. The van der Waals surface area contributed by atoms with Gasteiger partial charge < -0.3 is 24.4 Å². The third-order valence-electron chi connectivity index (χ3n) is 3.27.